The highest BCUT2D eigenvalue weighted by Gasteiger charge is 2.42. The minimum atomic E-state index is -1.94. The summed E-state index contributed by atoms with van der Waals surface area (Å²) in [4.78, 5) is 11.8. The molecule has 3 aromatic rings. The Morgan fingerprint density at radius 1 is 1.14 bits per heavy atom. The molecule has 0 unspecified atom stereocenters. The Morgan fingerprint density at radius 2 is 1.86 bits per heavy atom. The highest BCUT2D eigenvalue weighted by Crippen LogP contribution is 2.44. The molecule has 0 saturated carbocycles. The van der Waals surface area contributed by atoms with Crippen LogP contribution in [0.2, 0.25) is 18.1 Å². The molecular formula is C33H44N6O2Si. The van der Waals surface area contributed by atoms with E-state index in [-0.39, 0.29) is 10.5 Å². The van der Waals surface area contributed by atoms with E-state index in [2.05, 4.69) is 92.6 Å². The van der Waals surface area contributed by atoms with Gasteiger partial charge in [0, 0.05) is 43.4 Å². The van der Waals surface area contributed by atoms with Gasteiger partial charge in [-0.2, -0.15) is 5.26 Å². The van der Waals surface area contributed by atoms with Crippen molar-refractivity contribution in [2.75, 3.05) is 51.0 Å². The van der Waals surface area contributed by atoms with E-state index in [0.29, 0.717) is 18.1 Å². The van der Waals surface area contributed by atoms with Crippen LogP contribution >= 0.6 is 0 Å². The second-order valence-electron chi connectivity index (χ2n) is 13.5. The number of benzene rings is 2. The van der Waals surface area contributed by atoms with Gasteiger partial charge in [-0.1, -0.05) is 27.7 Å². The minimum Gasteiger partial charge on any atom is -0.495 e. The number of fused-ring (bicyclic) bond motifs is 2. The molecule has 5 rings (SSSR count). The third-order valence-corrected chi connectivity index (χ3v) is 13.8. The molecular weight excluding hydrogens is 540 g/mol. The number of anilines is 3. The van der Waals surface area contributed by atoms with Gasteiger partial charge in [0.25, 0.3) is 0 Å². The zero-order valence-electron chi connectivity index (χ0n) is 26.3. The minimum absolute atomic E-state index is 0.124. The summed E-state index contributed by atoms with van der Waals surface area (Å²) >= 11 is 0. The van der Waals surface area contributed by atoms with Gasteiger partial charge in [-0.3, -0.25) is 0 Å². The van der Waals surface area contributed by atoms with Crippen molar-refractivity contribution in [2.45, 2.75) is 64.1 Å². The Bertz CT molecular complexity index is 1530. The SMILES string of the molecule is COc1cc2c(cc1Nc1nccc(-c3cc(C#N)c4c(c3)[C@@](C)(CO[Si](C)(C)C(C)(C)C)CN4)n1)CCN(C)CC2. The fourth-order valence-corrected chi connectivity index (χ4v) is 6.55. The summed E-state index contributed by atoms with van der Waals surface area (Å²) in [6.45, 7) is 16.9. The molecule has 2 aliphatic heterocycles. The van der Waals surface area contributed by atoms with Crippen LogP contribution in [0.25, 0.3) is 11.3 Å². The average molecular weight is 585 g/mol. The molecule has 0 saturated heterocycles. The highest BCUT2D eigenvalue weighted by molar-refractivity contribution is 6.74. The third-order valence-electron chi connectivity index (χ3n) is 9.37. The highest BCUT2D eigenvalue weighted by atomic mass is 28.4. The van der Waals surface area contributed by atoms with Crippen molar-refractivity contribution in [2.24, 2.45) is 0 Å². The van der Waals surface area contributed by atoms with Gasteiger partial charge in [-0.25, -0.2) is 9.97 Å². The molecule has 8 nitrogen and oxygen atoms in total. The van der Waals surface area contributed by atoms with E-state index >= 15 is 0 Å². The lowest BCUT2D eigenvalue weighted by Gasteiger charge is -2.39. The van der Waals surface area contributed by atoms with Crippen LogP contribution in [0.1, 0.15) is 49.9 Å². The standard InChI is InChI=1S/C33H44N6O2Si/c1-32(2,3)42(7,8)41-21-33(4)20-36-30-25(19-34)15-24(16-26(30)33)27-9-12-35-31(37-27)38-28-17-22-10-13-39(5)14-11-23(22)18-29(28)40-6/h9,12,15-18,36H,10-11,13-14,20-21H2,1-8H3,(H,35,37,38)/t33-/m1/s1. The number of nitrogens with zero attached hydrogens (tertiary/aromatic N) is 4. The van der Waals surface area contributed by atoms with Crippen LogP contribution in [0, 0.1) is 11.3 Å². The largest absolute Gasteiger partial charge is 0.495 e. The summed E-state index contributed by atoms with van der Waals surface area (Å²) in [5, 5.41) is 17.1. The second-order valence-corrected chi connectivity index (χ2v) is 18.3. The van der Waals surface area contributed by atoms with Crippen LogP contribution in [0.5, 0.6) is 5.75 Å². The Balaban J connectivity index is 1.46. The number of ether oxygens (including phenoxy) is 1. The van der Waals surface area contributed by atoms with Gasteiger partial charge in [-0.05, 0) is 85.0 Å². The maximum Gasteiger partial charge on any atom is 0.227 e. The van der Waals surface area contributed by atoms with E-state index in [9.17, 15) is 5.26 Å². The van der Waals surface area contributed by atoms with Crippen LogP contribution in [-0.4, -0.2) is 63.6 Å². The number of hydrogen-bond acceptors (Lipinski definition) is 8. The molecule has 3 heterocycles. The Hall–Kier alpha value is -3.45. The molecule has 0 amide bonds. The van der Waals surface area contributed by atoms with E-state index in [1.807, 2.05) is 12.1 Å². The molecule has 0 fully saturated rings. The number of aromatic nitrogens is 2. The molecule has 0 spiro atoms. The van der Waals surface area contributed by atoms with Crippen LogP contribution in [0.15, 0.2) is 36.5 Å². The maximum absolute atomic E-state index is 10.1. The van der Waals surface area contributed by atoms with Crippen molar-refractivity contribution in [1.29, 1.82) is 5.26 Å². The van der Waals surface area contributed by atoms with E-state index in [4.69, 9.17) is 14.1 Å². The molecule has 2 N–H and O–H groups in total. The van der Waals surface area contributed by atoms with Crippen molar-refractivity contribution in [3.8, 4) is 23.1 Å². The van der Waals surface area contributed by atoms with Crippen molar-refractivity contribution in [3.05, 3.63) is 58.8 Å². The number of likely N-dealkylation sites (N-methyl/N-ethyl adjacent to an activating group) is 1. The van der Waals surface area contributed by atoms with Crippen molar-refractivity contribution in [1.82, 2.24) is 14.9 Å². The van der Waals surface area contributed by atoms with Gasteiger partial charge in [0.05, 0.1) is 29.7 Å². The third kappa shape index (κ3) is 5.89. The topological polar surface area (TPSA) is 95.3 Å². The molecule has 1 atom stereocenters. The van der Waals surface area contributed by atoms with Gasteiger partial charge in [0.15, 0.2) is 8.32 Å². The van der Waals surface area contributed by atoms with Crippen molar-refractivity contribution < 1.29 is 9.16 Å². The Labute approximate surface area is 251 Å². The average Bonchev–Trinajstić information content (AvgIpc) is 3.18. The second kappa shape index (κ2) is 11.3. The Kier molecular flexibility index (Phi) is 8.09. The van der Waals surface area contributed by atoms with Crippen LogP contribution in [0.3, 0.4) is 0 Å². The summed E-state index contributed by atoms with van der Waals surface area (Å²) in [6.07, 6.45) is 3.75. The normalized spacial score (nSPS) is 18.8. The number of hydrogen-bond donors (Lipinski definition) is 2. The lowest BCUT2D eigenvalue weighted by atomic mass is 9.83. The molecule has 1 aromatic heterocycles. The van der Waals surface area contributed by atoms with E-state index in [1.165, 1.54) is 11.1 Å². The molecule has 2 aromatic carbocycles. The fraction of sp³-hybridized carbons (Fsp3) is 0.485. The summed E-state index contributed by atoms with van der Waals surface area (Å²) < 4.78 is 12.4. The lowest BCUT2D eigenvalue weighted by molar-refractivity contribution is 0.220. The van der Waals surface area contributed by atoms with Gasteiger partial charge in [0.1, 0.15) is 11.8 Å². The van der Waals surface area contributed by atoms with Gasteiger partial charge in [0.2, 0.25) is 5.95 Å². The first-order valence-corrected chi connectivity index (χ1v) is 17.7. The number of rotatable bonds is 7. The summed E-state index contributed by atoms with van der Waals surface area (Å²) in [7, 11) is 1.92. The molecule has 9 heteroatoms. The molecule has 0 bridgehead atoms. The molecule has 2 aliphatic rings. The molecule has 42 heavy (non-hydrogen) atoms. The predicted molar refractivity (Wildman–Crippen MR) is 172 cm³/mol. The molecule has 0 radical (unpaired) electrons. The summed E-state index contributed by atoms with van der Waals surface area (Å²) in [6, 6.07) is 12.7. The first-order valence-electron chi connectivity index (χ1n) is 14.8. The zero-order valence-corrected chi connectivity index (χ0v) is 27.3. The van der Waals surface area contributed by atoms with E-state index < -0.39 is 8.32 Å². The number of methoxy groups -OCH3 is 1. The smallest absolute Gasteiger partial charge is 0.227 e. The van der Waals surface area contributed by atoms with Crippen LogP contribution in [0.4, 0.5) is 17.3 Å². The van der Waals surface area contributed by atoms with Crippen LogP contribution < -0.4 is 15.4 Å². The fourth-order valence-electron chi connectivity index (χ4n) is 5.44. The quantitative estimate of drug-likeness (QED) is 0.304. The number of nitrogens with one attached hydrogen (secondary N) is 2. The first kappa shape index (κ1) is 30.0. The number of nitriles is 1. The monoisotopic (exact) mass is 584 g/mol. The van der Waals surface area contributed by atoms with E-state index in [0.717, 1.165) is 66.4 Å². The molecule has 0 aliphatic carbocycles. The lowest BCUT2D eigenvalue weighted by Crippen LogP contribution is -2.45. The van der Waals surface area contributed by atoms with Crippen molar-refractivity contribution >= 4 is 25.6 Å². The molecule has 222 valence electrons. The van der Waals surface area contributed by atoms with Gasteiger partial charge < -0.3 is 24.7 Å². The van der Waals surface area contributed by atoms with Gasteiger partial charge >= 0.3 is 0 Å². The zero-order chi connectivity index (χ0) is 30.3. The summed E-state index contributed by atoms with van der Waals surface area (Å²) in [5.41, 5.74) is 7.49. The predicted octanol–water partition coefficient (Wildman–Crippen LogP) is 6.50. The maximum atomic E-state index is 10.1. The van der Waals surface area contributed by atoms with Crippen LogP contribution in [-0.2, 0) is 22.7 Å². The first-order chi connectivity index (χ1) is 19.8. The van der Waals surface area contributed by atoms with E-state index in [1.54, 1.807) is 13.3 Å². The van der Waals surface area contributed by atoms with Crippen molar-refractivity contribution in [3.63, 3.8) is 0 Å². The Morgan fingerprint density at radius 3 is 2.52 bits per heavy atom. The summed E-state index contributed by atoms with van der Waals surface area (Å²) in [5.74, 6) is 1.26. The van der Waals surface area contributed by atoms with Gasteiger partial charge in [-0.15, -0.1) is 0 Å².